The van der Waals surface area contributed by atoms with Crippen LogP contribution in [0, 0.1) is 0 Å². The summed E-state index contributed by atoms with van der Waals surface area (Å²) in [6.07, 6.45) is 0. The summed E-state index contributed by atoms with van der Waals surface area (Å²) in [5, 5.41) is 0. The normalized spacial score (nSPS) is 0. The Morgan fingerprint density at radius 3 is 0.500 bits per heavy atom. The molecule has 0 aromatic heterocycles. The van der Waals surface area contributed by atoms with E-state index in [2.05, 4.69) is 0 Å². The molecular formula is H7AuCl4N. The second-order valence-corrected chi connectivity index (χ2v) is 0. The van der Waals surface area contributed by atoms with Gasteiger partial charge in [0, 0.05) is 22.4 Å². The fraction of sp³-hybridized carbons (Fsp3) is 0. The molecule has 51 valence electrons. The molecule has 0 spiro atoms. The van der Waals surface area contributed by atoms with E-state index in [0.717, 1.165) is 0 Å². The summed E-state index contributed by atoms with van der Waals surface area (Å²) in [6.45, 7) is 0. The largest absolute Gasteiger partial charge is 0.344 e. The van der Waals surface area contributed by atoms with Gasteiger partial charge in [-0.25, -0.2) is 0 Å². The minimum absolute atomic E-state index is 0. The van der Waals surface area contributed by atoms with E-state index >= 15 is 0 Å². The van der Waals surface area contributed by atoms with E-state index in [-0.39, 0.29) is 78.2 Å². The molecule has 0 rings (SSSR count). The van der Waals surface area contributed by atoms with Crippen molar-refractivity contribution in [3.8, 4) is 0 Å². The first kappa shape index (κ1) is 107. The van der Waals surface area contributed by atoms with Crippen LogP contribution in [0.2, 0.25) is 0 Å². The molecule has 0 saturated heterocycles. The molecule has 0 amide bonds. The van der Waals surface area contributed by atoms with Gasteiger partial charge in [0.05, 0.1) is 0 Å². The first-order chi connectivity index (χ1) is 0. The summed E-state index contributed by atoms with van der Waals surface area (Å²) in [5.41, 5.74) is 0. The van der Waals surface area contributed by atoms with E-state index in [0.29, 0.717) is 0 Å². The minimum Gasteiger partial charge on any atom is -0.344 e. The molecule has 3 N–H and O–H groups in total. The standard InChI is InChI=1S/Au.4ClH.H3N/h;4*1H;1H3. The van der Waals surface area contributed by atoms with Gasteiger partial charge in [0.15, 0.2) is 0 Å². The van der Waals surface area contributed by atoms with Crippen molar-refractivity contribution >= 4 is 49.6 Å². The second-order valence-electron chi connectivity index (χ2n) is 0. The first-order valence-electron chi connectivity index (χ1n) is 0. The quantitative estimate of drug-likeness (QED) is 0.658. The summed E-state index contributed by atoms with van der Waals surface area (Å²) in [4.78, 5) is 0. The average molecular weight is 360 g/mol. The van der Waals surface area contributed by atoms with Crippen molar-refractivity contribution in [3.05, 3.63) is 0 Å². The van der Waals surface area contributed by atoms with E-state index in [1.165, 1.54) is 0 Å². The minimum atomic E-state index is 0. The van der Waals surface area contributed by atoms with Gasteiger partial charge in [-0.05, 0) is 0 Å². The van der Waals surface area contributed by atoms with Gasteiger partial charge in [-0.3, -0.25) is 0 Å². The molecule has 0 heterocycles. The molecule has 1 nitrogen and oxygen atoms in total. The maximum atomic E-state index is 0. The summed E-state index contributed by atoms with van der Waals surface area (Å²) < 4.78 is 0. The molecule has 6 heteroatoms. The predicted octanol–water partition coefficient (Wildman–Crippen LogP) is 1.85. The van der Waals surface area contributed by atoms with Crippen molar-refractivity contribution < 1.29 is 22.4 Å². The molecule has 0 aliphatic heterocycles. The van der Waals surface area contributed by atoms with Gasteiger partial charge < -0.3 is 6.15 Å². The smallest absolute Gasteiger partial charge is 0 e. The monoisotopic (exact) mass is 358 g/mol. The van der Waals surface area contributed by atoms with E-state index < -0.39 is 0 Å². The van der Waals surface area contributed by atoms with Crippen LogP contribution in [-0.2, 0) is 22.4 Å². The van der Waals surface area contributed by atoms with E-state index in [1.807, 2.05) is 0 Å². The number of halogens is 4. The Morgan fingerprint density at radius 2 is 0.500 bits per heavy atom. The van der Waals surface area contributed by atoms with Crippen molar-refractivity contribution in [2.75, 3.05) is 0 Å². The zero-order valence-electron chi connectivity index (χ0n) is 2.64. The zero-order valence-corrected chi connectivity index (χ0v) is 8.07. The van der Waals surface area contributed by atoms with Gasteiger partial charge in [0.2, 0.25) is 0 Å². The Labute approximate surface area is 77.8 Å². The molecule has 6 heavy (non-hydrogen) atoms. The van der Waals surface area contributed by atoms with Crippen LogP contribution in [0.5, 0.6) is 0 Å². The van der Waals surface area contributed by atoms with Crippen LogP contribution in [0.1, 0.15) is 0 Å². The summed E-state index contributed by atoms with van der Waals surface area (Å²) in [5.74, 6) is 0. The fourth-order valence-electron chi connectivity index (χ4n) is 0. The summed E-state index contributed by atoms with van der Waals surface area (Å²) >= 11 is 0. The molecule has 0 atom stereocenters. The maximum absolute atomic E-state index is 0. The van der Waals surface area contributed by atoms with Crippen LogP contribution in [0.25, 0.3) is 0 Å². The van der Waals surface area contributed by atoms with Crippen LogP contribution in [0.4, 0.5) is 0 Å². The van der Waals surface area contributed by atoms with Gasteiger partial charge in [-0.15, -0.1) is 49.6 Å². The second kappa shape index (κ2) is 68.1. The van der Waals surface area contributed by atoms with Gasteiger partial charge in [-0.2, -0.15) is 0 Å². The molecule has 0 aliphatic carbocycles. The molecule has 0 aliphatic rings. The topological polar surface area (TPSA) is 35.0 Å². The zero-order chi connectivity index (χ0) is 0. The molecular weight excluding hydrogens is 353 g/mol. The van der Waals surface area contributed by atoms with Gasteiger partial charge in [0.25, 0.3) is 0 Å². The molecule has 0 saturated carbocycles. The Balaban J connectivity index is 0. The van der Waals surface area contributed by atoms with Crippen LogP contribution in [0.15, 0.2) is 0 Å². The summed E-state index contributed by atoms with van der Waals surface area (Å²) in [7, 11) is 0. The van der Waals surface area contributed by atoms with Crippen LogP contribution in [-0.4, -0.2) is 0 Å². The van der Waals surface area contributed by atoms with Crippen molar-refractivity contribution in [1.29, 1.82) is 0 Å². The van der Waals surface area contributed by atoms with Gasteiger partial charge >= 0.3 is 0 Å². The van der Waals surface area contributed by atoms with Crippen molar-refractivity contribution in [1.82, 2.24) is 6.15 Å². The van der Waals surface area contributed by atoms with Gasteiger partial charge in [0.1, 0.15) is 0 Å². The Kier molecular flexibility index (Phi) is 1210. The fourth-order valence-corrected chi connectivity index (χ4v) is 0. The molecule has 1 radical (unpaired) electrons. The predicted molar refractivity (Wildman–Crippen MR) is 34.0 cm³/mol. The van der Waals surface area contributed by atoms with Crippen molar-refractivity contribution in [2.45, 2.75) is 0 Å². The SMILES string of the molecule is Cl.Cl.Cl.Cl.N.[Au]. The molecule has 0 aromatic rings. The van der Waals surface area contributed by atoms with E-state index in [1.54, 1.807) is 0 Å². The van der Waals surface area contributed by atoms with Crippen molar-refractivity contribution in [3.63, 3.8) is 0 Å². The Bertz CT molecular complexity index is 7.51. The van der Waals surface area contributed by atoms with E-state index in [9.17, 15) is 0 Å². The third-order valence-electron chi connectivity index (χ3n) is 0. The van der Waals surface area contributed by atoms with Crippen LogP contribution >= 0.6 is 49.6 Å². The third-order valence-corrected chi connectivity index (χ3v) is 0. The molecule has 0 fully saturated rings. The number of hydrogen-bond donors (Lipinski definition) is 1. The summed E-state index contributed by atoms with van der Waals surface area (Å²) in [6, 6.07) is 0. The van der Waals surface area contributed by atoms with Gasteiger partial charge in [-0.1, -0.05) is 0 Å². The molecule has 0 aromatic carbocycles. The van der Waals surface area contributed by atoms with Crippen LogP contribution in [0.3, 0.4) is 0 Å². The number of rotatable bonds is 0. The Morgan fingerprint density at radius 1 is 0.500 bits per heavy atom. The molecule has 0 unspecified atom stereocenters. The van der Waals surface area contributed by atoms with Crippen molar-refractivity contribution in [2.24, 2.45) is 0 Å². The molecule has 0 bridgehead atoms. The third kappa shape index (κ3) is 40.0. The van der Waals surface area contributed by atoms with Crippen LogP contribution < -0.4 is 6.15 Å². The number of hydrogen-bond acceptors (Lipinski definition) is 1. The first-order valence-corrected chi connectivity index (χ1v) is 0. The average Bonchev–Trinajstić information content (AvgIpc) is 0. The Hall–Kier alpha value is 1.86. The maximum Gasteiger partial charge on any atom is 0 e. The van der Waals surface area contributed by atoms with E-state index in [4.69, 9.17) is 0 Å².